The van der Waals surface area contributed by atoms with Gasteiger partial charge in [-0.25, -0.2) is 9.98 Å². The first-order chi connectivity index (χ1) is 17.8. The van der Waals surface area contributed by atoms with Crippen molar-refractivity contribution in [3.8, 4) is 11.6 Å². The van der Waals surface area contributed by atoms with Gasteiger partial charge in [0.15, 0.2) is 5.69 Å². The minimum absolute atomic E-state index is 0.0749. The fourth-order valence-electron chi connectivity index (χ4n) is 4.30. The Morgan fingerprint density at radius 1 is 0.944 bits per heavy atom. The van der Waals surface area contributed by atoms with Crippen LogP contribution in [0.5, 0.6) is 0 Å². The number of carbonyl (C=O) groups excluding carboxylic acids is 1. The fraction of sp³-hybridized carbons (Fsp3) is 0.192. The number of rotatable bonds is 5. The van der Waals surface area contributed by atoms with E-state index >= 15 is 0 Å². The Hall–Kier alpha value is -4.57. The Kier molecular flexibility index (Phi) is 5.84. The first-order valence-electron chi connectivity index (χ1n) is 11.7. The molecule has 0 spiro atoms. The quantitative estimate of drug-likeness (QED) is 0.446. The standard InChI is InChI=1S/C26H23N7O3/c34-24-23(29-21(17-7-2-1-3-8-17)18-9-4-5-10-19(18)28-24)30-26-32-31-25(36-26)22-20(11-6-12-27-22)33-13-15-35-16-14-33/h1-12,23H,13-16H2,(H,28,34)(H,30,32)/t23-/m1/s1. The molecule has 4 aromatic rings. The molecule has 6 rings (SSSR count). The van der Waals surface area contributed by atoms with E-state index < -0.39 is 6.17 Å². The molecule has 2 aromatic carbocycles. The summed E-state index contributed by atoms with van der Waals surface area (Å²) in [7, 11) is 0. The monoisotopic (exact) mass is 481 g/mol. The molecule has 10 heteroatoms. The molecule has 0 saturated carbocycles. The molecule has 2 aliphatic rings. The van der Waals surface area contributed by atoms with Crippen LogP contribution in [0.1, 0.15) is 11.1 Å². The van der Waals surface area contributed by atoms with Gasteiger partial charge in [0.2, 0.25) is 6.17 Å². The Morgan fingerprint density at radius 3 is 2.61 bits per heavy atom. The van der Waals surface area contributed by atoms with Gasteiger partial charge in [0.25, 0.3) is 11.8 Å². The number of benzodiazepines with no additional fused rings is 1. The summed E-state index contributed by atoms with van der Waals surface area (Å²) in [6.45, 7) is 2.78. The molecule has 2 N–H and O–H groups in total. The molecular formula is C26H23N7O3. The fourth-order valence-corrected chi connectivity index (χ4v) is 4.30. The van der Waals surface area contributed by atoms with Crippen molar-refractivity contribution in [2.24, 2.45) is 4.99 Å². The number of morpholine rings is 1. The molecule has 0 bridgehead atoms. The summed E-state index contributed by atoms with van der Waals surface area (Å²) in [6.07, 6.45) is 0.701. The summed E-state index contributed by atoms with van der Waals surface area (Å²) >= 11 is 0. The lowest BCUT2D eigenvalue weighted by atomic mass is 10.0. The van der Waals surface area contributed by atoms with E-state index in [0.717, 1.165) is 29.9 Å². The molecule has 2 aliphatic heterocycles. The number of aliphatic imine (C=N–C) groups is 1. The van der Waals surface area contributed by atoms with Crippen molar-refractivity contribution in [3.05, 3.63) is 84.1 Å². The van der Waals surface area contributed by atoms with Gasteiger partial charge in [-0.1, -0.05) is 53.6 Å². The van der Waals surface area contributed by atoms with Gasteiger partial charge in [-0.15, -0.1) is 5.10 Å². The molecule has 180 valence electrons. The lowest BCUT2D eigenvalue weighted by Gasteiger charge is -2.29. The predicted molar refractivity (Wildman–Crippen MR) is 135 cm³/mol. The highest BCUT2D eigenvalue weighted by Gasteiger charge is 2.28. The molecule has 1 fully saturated rings. The number of hydrogen-bond acceptors (Lipinski definition) is 9. The molecule has 1 saturated heterocycles. The number of nitrogens with zero attached hydrogens (tertiary/aromatic N) is 5. The van der Waals surface area contributed by atoms with Crippen LogP contribution in [0.4, 0.5) is 17.4 Å². The van der Waals surface area contributed by atoms with Crippen LogP contribution in [0, 0.1) is 0 Å². The largest absolute Gasteiger partial charge is 0.402 e. The van der Waals surface area contributed by atoms with Crippen LogP contribution in [-0.4, -0.2) is 59.3 Å². The molecule has 2 aromatic heterocycles. The number of para-hydroxylation sites is 1. The zero-order valence-electron chi connectivity index (χ0n) is 19.3. The molecule has 36 heavy (non-hydrogen) atoms. The van der Waals surface area contributed by atoms with Crippen LogP contribution in [-0.2, 0) is 9.53 Å². The highest BCUT2D eigenvalue weighted by molar-refractivity contribution is 6.19. The molecule has 0 radical (unpaired) electrons. The molecule has 1 amide bonds. The van der Waals surface area contributed by atoms with Crippen molar-refractivity contribution in [1.82, 2.24) is 15.2 Å². The summed E-state index contributed by atoms with van der Waals surface area (Å²) in [5, 5.41) is 14.3. The Labute approximate surface area is 207 Å². The normalized spacial score (nSPS) is 17.6. The molecule has 0 unspecified atom stereocenters. The maximum absolute atomic E-state index is 13.1. The highest BCUT2D eigenvalue weighted by Crippen LogP contribution is 2.30. The van der Waals surface area contributed by atoms with Gasteiger partial charge in [-0.2, -0.15) is 0 Å². The van der Waals surface area contributed by atoms with E-state index in [1.807, 2.05) is 66.7 Å². The van der Waals surface area contributed by atoms with E-state index in [0.29, 0.717) is 30.3 Å². The summed E-state index contributed by atoms with van der Waals surface area (Å²) in [5.41, 5.74) is 4.55. The molecular weight excluding hydrogens is 458 g/mol. The second kappa shape index (κ2) is 9.59. The number of fused-ring (bicyclic) bond motifs is 1. The van der Waals surface area contributed by atoms with Crippen molar-refractivity contribution in [1.29, 1.82) is 0 Å². The van der Waals surface area contributed by atoms with Crippen LogP contribution in [0.25, 0.3) is 11.6 Å². The number of benzene rings is 2. The minimum atomic E-state index is -0.983. The Morgan fingerprint density at radius 2 is 1.75 bits per heavy atom. The maximum Gasteiger partial charge on any atom is 0.317 e. The average molecular weight is 482 g/mol. The minimum Gasteiger partial charge on any atom is -0.402 e. The van der Waals surface area contributed by atoms with Gasteiger partial charge in [0, 0.05) is 30.4 Å². The number of amides is 1. The van der Waals surface area contributed by atoms with E-state index in [1.165, 1.54) is 0 Å². The van der Waals surface area contributed by atoms with Gasteiger partial charge in [-0.05, 0) is 18.2 Å². The van der Waals surface area contributed by atoms with Crippen LogP contribution in [0.3, 0.4) is 0 Å². The molecule has 10 nitrogen and oxygen atoms in total. The lowest BCUT2D eigenvalue weighted by Crippen LogP contribution is -2.36. The number of nitrogens with one attached hydrogen (secondary N) is 2. The topological polar surface area (TPSA) is 118 Å². The number of carbonyl (C=O) groups is 1. The number of anilines is 3. The van der Waals surface area contributed by atoms with Gasteiger partial charge in [-0.3, -0.25) is 4.79 Å². The third-order valence-corrected chi connectivity index (χ3v) is 6.02. The Bertz CT molecular complexity index is 1410. The summed E-state index contributed by atoms with van der Waals surface area (Å²) in [4.78, 5) is 24.5. The smallest absolute Gasteiger partial charge is 0.317 e. The van der Waals surface area contributed by atoms with Crippen LogP contribution in [0.15, 0.2) is 82.3 Å². The van der Waals surface area contributed by atoms with Crippen molar-refractivity contribution in [3.63, 3.8) is 0 Å². The number of pyridine rings is 1. The second-order valence-corrected chi connectivity index (χ2v) is 8.31. The third-order valence-electron chi connectivity index (χ3n) is 6.02. The number of hydrogen-bond donors (Lipinski definition) is 2. The zero-order valence-corrected chi connectivity index (χ0v) is 19.3. The van der Waals surface area contributed by atoms with Gasteiger partial charge in [0.1, 0.15) is 0 Å². The number of ether oxygens (including phenoxy) is 1. The van der Waals surface area contributed by atoms with Gasteiger partial charge in [0.05, 0.1) is 30.3 Å². The lowest BCUT2D eigenvalue weighted by molar-refractivity contribution is -0.116. The first-order valence-corrected chi connectivity index (χ1v) is 11.7. The van der Waals surface area contributed by atoms with Crippen molar-refractivity contribution >= 4 is 29.0 Å². The van der Waals surface area contributed by atoms with E-state index in [1.54, 1.807) is 6.20 Å². The SMILES string of the molecule is O=C1Nc2ccccc2C(c2ccccc2)=N[C@@H]1Nc1nnc(-c2ncccc2N2CCOCC2)o1. The van der Waals surface area contributed by atoms with Crippen LogP contribution >= 0.6 is 0 Å². The second-order valence-electron chi connectivity index (χ2n) is 8.31. The van der Waals surface area contributed by atoms with Crippen molar-refractivity contribution in [2.75, 3.05) is 41.8 Å². The summed E-state index contributed by atoms with van der Waals surface area (Å²) < 4.78 is 11.4. The van der Waals surface area contributed by atoms with E-state index in [-0.39, 0.29) is 17.8 Å². The molecule has 0 aliphatic carbocycles. The van der Waals surface area contributed by atoms with E-state index in [9.17, 15) is 4.79 Å². The molecule has 4 heterocycles. The van der Waals surface area contributed by atoms with Gasteiger partial charge < -0.3 is 24.7 Å². The average Bonchev–Trinajstić information content (AvgIpc) is 3.35. The van der Waals surface area contributed by atoms with Crippen LogP contribution < -0.4 is 15.5 Å². The highest BCUT2D eigenvalue weighted by atomic mass is 16.5. The predicted octanol–water partition coefficient (Wildman–Crippen LogP) is 3.20. The summed E-state index contributed by atoms with van der Waals surface area (Å²) in [6, 6.07) is 21.2. The first kappa shape index (κ1) is 21.9. The zero-order chi connectivity index (χ0) is 24.3. The maximum atomic E-state index is 13.1. The van der Waals surface area contributed by atoms with Crippen molar-refractivity contribution < 1.29 is 13.9 Å². The van der Waals surface area contributed by atoms with Gasteiger partial charge >= 0.3 is 6.01 Å². The van der Waals surface area contributed by atoms with Crippen LogP contribution in [0.2, 0.25) is 0 Å². The van der Waals surface area contributed by atoms with E-state index in [2.05, 4.69) is 30.7 Å². The Balaban J connectivity index is 1.32. The van der Waals surface area contributed by atoms with Crippen molar-refractivity contribution in [2.45, 2.75) is 6.17 Å². The third kappa shape index (κ3) is 4.29. The van der Waals surface area contributed by atoms with E-state index in [4.69, 9.17) is 14.1 Å². The summed E-state index contributed by atoms with van der Waals surface area (Å²) in [5.74, 6) is -0.0795. The molecule has 1 atom stereocenters. The number of aromatic nitrogens is 3.